The van der Waals surface area contributed by atoms with Gasteiger partial charge in [-0.15, -0.1) is 0 Å². The van der Waals surface area contributed by atoms with Crippen molar-refractivity contribution in [2.75, 3.05) is 65.3 Å². The van der Waals surface area contributed by atoms with Gasteiger partial charge in [-0.2, -0.15) is 18.6 Å². The van der Waals surface area contributed by atoms with E-state index >= 15 is 0 Å². The highest BCUT2D eigenvalue weighted by molar-refractivity contribution is 7.85. The van der Waals surface area contributed by atoms with Crippen LogP contribution in [0.1, 0.15) is 78.4 Å². The third-order valence-electron chi connectivity index (χ3n) is 12.4. The van der Waals surface area contributed by atoms with Crippen LogP contribution in [0.15, 0.2) is 73.8 Å². The van der Waals surface area contributed by atoms with E-state index in [2.05, 4.69) is 47.2 Å². The van der Waals surface area contributed by atoms with E-state index in [9.17, 15) is 18.0 Å². The molecule has 0 spiro atoms. The lowest BCUT2D eigenvalue weighted by molar-refractivity contribution is -0.0978. The van der Waals surface area contributed by atoms with Crippen molar-refractivity contribution in [3.63, 3.8) is 0 Å². The Morgan fingerprint density at radius 2 is 1.17 bits per heavy atom. The predicted octanol–water partition coefficient (Wildman–Crippen LogP) is 6.78. The van der Waals surface area contributed by atoms with Crippen molar-refractivity contribution in [1.82, 2.24) is 49.5 Å². The van der Waals surface area contributed by atoms with Crippen LogP contribution < -0.4 is 0 Å². The van der Waals surface area contributed by atoms with Gasteiger partial charge in [0.15, 0.2) is 0 Å². The first-order valence-electron chi connectivity index (χ1n) is 24.3. The Kier molecular flexibility index (Phi) is 20.5. The molecule has 4 atom stereocenters. The molecule has 4 aromatic rings. The van der Waals surface area contributed by atoms with Gasteiger partial charge in [0.25, 0.3) is 10.1 Å². The summed E-state index contributed by atoms with van der Waals surface area (Å²) in [6, 6.07) is 16.9. The number of hydrogen-bond acceptors (Lipinski definition) is 15. The maximum absolute atomic E-state index is 12.5. The quantitative estimate of drug-likeness (QED) is 0.154. The van der Waals surface area contributed by atoms with Gasteiger partial charge in [-0.1, -0.05) is 47.5 Å². The van der Waals surface area contributed by atoms with E-state index in [1.165, 1.54) is 18.2 Å². The summed E-state index contributed by atoms with van der Waals surface area (Å²) < 4.78 is 53.0. The first-order valence-corrected chi connectivity index (χ1v) is 26.9. The highest BCUT2D eigenvalue weighted by Gasteiger charge is 2.39. The van der Waals surface area contributed by atoms with Gasteiger partial charge in [-0.05, 0) is 115 Å². The average molecular weight is 1050 g/mol. The van der Waals surface area contributed by atoms with Crippen LogP contribution in [0.5, 0.6) is 0 Å². The smallest absolute Gasteiger partial charge is 0.410 e. The molecule has 392 valence electrons. The Morgan fingerprint density at radius 1 is 0.704 bits per heavy atom. The number of rotatable bonds is 11. The van der Waals surface area contributed by atoms with E-state index in [1.54, 1.807) is 17.6 Å². The van der Waals surface area contributed by atoms with Crippen LogP contribution in [-0.2, 0) is 52.6 Å². The van der Waals surface area contributed by atoms with Crippen LogP contribution in [0.3, 0.4) is 0 Å². The number of amides is 2. The minimum Gasteiger partial charge on any atom is -0.444 e. The summed E-state index contributed by atoms with van der Waals surface area (Å²) in [7, 11) is -3.53. The number of hydrogen-bond donors (Lipinski definition) is 1. The molecule has 4 fully saturated rings. The molecule has 2 amide bonds. The van der Waals surface area contributed by atoms with Crippen LogP contribution in [0.2, 0.25) is 10.0 Å². The fourth-order valence-electron chi connectivity index (χ4n) is 9.12. The normalized spacial score (nSPS) is 22.2. The molecule has 0 radical (unpaired) electrons. The number of nitrogens with zero attached hydrogens (tertiary/aromatic N) is 9. The minimum absolute atomic E-state index is 0.000246. The van der Waals surface area contributed by atoms with Crippen molar-refractivity contribution in [2.24, 2.45) is 0 Å². The monoisotopic (exact) mass is 1050 g/mol. The third-order valence-corrected chi connectivity index (χ3v) is 13.5. The number of likely N-dealkylation sites (tertiary alicyclic amines) is 2. The maximum atomic E-state index is 12.5. The number of halogens is 2. The predicted molar refractivity (Wildman–Crippen MR) is 270 cm³/mol. The zero-order valence-corrected chi connectivity index (χ0v) is 44.4. The second-order valence-corrected chi connectivity index (χ2v) is 22.9. The number of benzene rings is 2. The second kappa shape index (κ2) is 26.0. The highest BCUT2D eigenvalue weighted by Crippen LogP contribution is 2.29. The number of ether oxygens (including phenoxy) is 4. The third kappa shape index (κ3) is 19.2. The molecule has 4 aliphatic heterocycles. The maximum Gasteiger partial charge on any atom is 0.410 e. The molecular weight excluding hydrogens is 976 g/mol. The molecule has 0 saturated carbocycles. The Hall–Kier alpha value is -4.41. The van der Waals surface area contributed by atoms with Crippen LogP contribution >= 0.6 is 23.2 Å². The first kappa shape index (κ1) is 55.9. The summed E-state index contributed by atoms with van der Waals surface area (Å²) in [5.41, 5.74) is 1.42. The Balaban J connectivity index is 0.000000211. The van der Waals surface area contributed by atoms with Crippen molar-refractivity contribution in [2.45, 2.75) is 134 Å². The zero-order chi connectivity index (χ0) is 51.2. The van der Waals surface area contributed by atoms with E-state index in [0.29, 0.717) is 63.5 Å². The van der Waals surface area contributed by atoms with Crippen molar-refractivity contribution in [1.29, 1.82) is 0 Å². The number of aromatic amines is 1. The van der Waals surface area contributed by atoms with Gasteiger partial charge in [0.05, 0.1) is 44.8 Å². The fourth-order valence-corrected chi connectivity index (χ4v) is 9.77. The zero-order valence-electron chi connectivity index (χ0n) is 42.1. The van der Waals surface area contributed by atoms with Gasteiger partial charge in [0.2, 0.25) is 0 Å². The Labute approximate surface area is 428 Å². The number of morpholine rings is 2. The van der Waals surface area contributed by atoms with Crippen LogP contribution in [-0.4, -0.2) is 183 Å². The molecule has 22 heteroatoms. The molecule has 1 N–H and O–H groups in total. The molecule has 0 aliphatic carbocycles. The largest absolute Gasteiger partial charge is 0.444 e. The van der Waals surface area contributed by atoms with Gasteiger partial charge >= 0.3 is 12.2 Å². The van der Waals surface area contributed by atoms with Crippen molar-refractivity contribution in [3.05, 3.63) is 95.0 Å². The summed E-state index contributed by atoms with van der Waals surface area (Å²) in [6.45, 7) is 17.2. The van der Waals surface area contributed by atoms with E-state index in [1.807, 2.05) is 87.5 Å². The molecule has 2 aromatic heterocycles. The Morgan fingerprint density at radius 3 is 1.55 bits per heavy atom. The van der Waals surface area contributed by atoms with Crippen LogP contribution in [0.4, 0.5) is 9.59 Å². The van der Waals surface area contributed by atoms with E-state index < -0.39 is 21.3 Å². The molecule has 0 unspecified atom stereocenters. The number of aromatic nitrogens is 6. The van der Waals surface area contributed by atoms with Gasteiger partial charge in [-0.25, -0.2) is 19.6 Å². The van der Waals surface area contributed by atoms with E-state index in [-0.39, 0.29) is 49.1 Å². The molecule has 8 rings (SSSR count). The summed E-state index contributed by atoms with van der Waals surface area (Å²) in [6.07, 6.45) is 11.7. The van der Waals surface area contributed by atoms with Gasteiger partial charge in [0, 0.05) is 73.5 Å². The highest BCUT2D eigenvalue weighted by atomic mass is 35.5. The minimum atomic E-state index is -3.53. The van der Waals surface area contributed by atoms with Gasteiger partial charge in [-0.3, -0.25) is 23.8 Å². The van der Waals surface area contributed by atoms with E-state index in [0.717, 1.165) is 61.9 Å². The number of nitrogens with one attached hydrogen (secondary N) is 1. The standard InChI is InChI=1S/C24H34ClN5O3.C23H35ClN2O6S.C2H3N3/c1-24(2,3)33-23(31)28-10-8-20(9-11-28)30-14-22(13-29-17-26-16-27-29)32-15-21(30)12-18-4-6-19(25)7-5-18;1-23(2,3)32-22(27)25-11-9-19(10-12-25)26-14-21(16-31-33(4,28)29)30-15-20(26)13-17-5-7-18(24)8-6-17;1-3-2-5-4-1/h4-7,16-17,20-22H,8-15H2,1-3H3;5-8,19-21H,9-16H2,1-4H3;1-2H,(H,3,4,5)/t21-,22-;20-,21+;/m00./s1. The topological polar surface area (TPSA) is 200 Å². The first-order chi connectivity index (χ1) is 33.7. The molecule has 2 aromatic carbocycles. The van der Waals surface area contributed by atoms with Crippen LogP contribution in [0.25, 0.3) is 0 Å². The SMILES string of the molecule is CC(C)(C)OC(=O)N1CCC(N2C[C@H](COS(C)(=O)=O)OC[C@@H]2Cc2ccc(Cl)cc2)CC1.CC(C)(C)OC(=O)N1CCC(N2C[C@H](Cn3cncn3)OC[C@@H]2Cc2ccc(Cl)cc2)CC1.c1nc[nH]n1. The number of H-pyrrole nitrogens is 1. The number of carbonyl (C=O) groups excluding carboxylic acids is 2. The van der Waals surface area contributed by atoms with Crippen LogP contribution in [0, 0.1) is 0 Å². The number of carbonyl (C=O) groups is 2. The van der Waals surface area contributed by atoms with Crippen molar-refractivity contribution in [3.8, 4) is 0 Å². The molecule has 19 nitrogen and oxygen atoms in total. The fraction of sp³-hybridized carbons (Fsp3) is 0.633. The molecular formula is C49H72Cl2N10O9S. The van der Waals surface area contributed by atoms with Crippen molar-refractivity contribution < 1.29 is 41.1 Å². The summed E-state index contributed by atoms with van der Waals surface area (Å²) in [4.78, 5) is 41.1. The Bertz CT molecular complexity index is 2290. The van der Waals surface area contributed by atoms with Gasteiger partial charge < -0.3 is 28.7 Å². The molecule has 4 aliphatic rings. The lowest BCUT2D eigenvalue weighted by atomic mass is 9.96. The molecule has 0 bridgehead atoms. The van der Waals surface area contributed by atoms with Crippen molar-refractivity contribution >= 4 is 45.5 Å². The number of piperidine rings is 2. The van der Waals surface area contributed by atoms with E-state index in [4.69, 9.17) is 46.3 Å². The lowest BCUT2D eigenvalue weighted by Gasteiger charge is -2.46. The molecule has 6 heterocycles. The molecule has 71 heavy (non-hydrogen) atoms. The van der Waals surface area contributed by atoms with Gasteiger partial charge in [0.1, 0.15) is 36.5 Å². The molecule has 4 saturated heterocycles. The summed E-state index contributed by atoms with van der Waals surface area (Å²) >= 11 is 12.1. The average Bonchev–Trinajstić information content (AvgIpc) is 4.09. The second-order valence-electron chi connectivity index (χ2n) is 20.4. The summed E-state index contributed by atoms with van der Waals surface area (Å²) in [5.74, 6) is 0. The lowest BCUT2D eigenvalue weighted by Crippen LogP contribution is -2.58. The summed E-state index contributed by atoms with van der Waals surface area (Å²) in [5, 5.41) is 11.7.